The Balaban J connectivity index is 2.03. The number of hydrogen-bond acceptors (Lipinski definition) is 5. The van der Waals surface area contributed by atoms with E-state index in [2.05, 4.69) is 4.98 Å². The number of nitrogen functional groups attached to an aromatic ring is 1. The second-order valence-corrected chi connectivity index (χ2v) is 8.90. The van der Waals surface area contributed by atoms with Crippen molar-refractivity contribution in [1.82, 2.24) is 9.55 Å². The molecule has 1 heterocycles. The third kappa shape index (κ3) is 5.46. The maximum atomic E-state index is 13.7. The van der Waals surface area contributed by atoms with Crippen LogP contribution in [0.5, 0.6) is 0 Å². The molecule has 0 bridgehead atoms. The molecule has 1 saturated carbocycles. The largest absolute Gasteiger partial charge is 0.383 e. The molecule has 1 aliphatic rings. The van der Waals surface area contributed by atoms with Crippen molar-refractivity contribution in [3.05, 3.63) is 50.9 Å². The van der Waals surface area contributed by atoms with Crippen LogP contribution >= 0.6 is 0 Å². The standard InChI is InChI=1S/C24H34FN5O3/c1-4-5-14-28-22(26)21(23(32)27-24(28)33)30(19-8-6-7-9-19)20(31)15-29(16(2)3)18-12-10-17(25)11-13-18/h10-13,16,19H,4-9,14-15,26H2,1-3H3,(H,27,32,33). The number of H-pyrrole nitrogens is 1. The lowest BCUT2D eigenvalue weighted by Gasteiger charge is -2.34. The summed E-state index contributed by atoms with van der Waals surface area (Å²) in [5.74, 6) is -0.608. The van der Waals surface area contributed by atoms with Crippen molar-refractivity contribution in [2.45, 2.75) is 77.9 Å². The van der Waals surface area contributed by atoms with Gasteiger partial charge in [0.15, 0.2) is 5.69 Å². The van der Waals surface area contributed by atoms with Gasteiger partial charge in [0, 0.05) is 24.3 Å². The Bertz CT molecular complexity index is 1070. The molecule has 1 aliphatic carbocycles. The van der Waals surface area contributed by atoms with Gasteiger partial charge in [-0.15, -0.1) is 0 Å². The lowest BCUT2D eigenvalue weighted by Crippen LogP contribution is -2.50. The second kappa shape index (κ2) is 10.7. The van der Waals surface area contributed by atoms with Crippen molar-refractivity contribution >= 4 is 23.1 Å². The summed E-state index contributed by atoms with van der Waals surface area (Å²) in [4.78, 5) is 44.7. The molecule has 0 saturated heterocycles. The molecule has 1 aromatic heterocycles. The van der Waals surface area contributed by atoms with E-state index in [0.29, 0.717) is 12.2 Å². The Kier molecular flexibility index (Phi) is 7.94. The first-order valence-corrected chi connectivity index (χ1v) is 11.7. The summed E-state index contributed by atoms with van der Waals surface area (Å²) in [6, 6.07) is 5.77. The maximum absolute atomic E-state index is 13.7. The highest BCUT2D eigenvalue weighted by Crippen LogP contribution is 2.30. The van der Waals surface area contributed by atoms with Gasteiger partial charge in [0.1, 0.15) is 11.6 Å². The fourth-order valence-corrected chi connectivity index (χ4v) is 4.45. The van der Waals surface area contributed by atoms with Crippen LogP contribution in [0, 0.1) is 5.82 Å². The van der Waals surface area contributed by atoms with Crippen LogP contribution < -0.4 is 26.8 Å². The summed E-state index contributed by atoms with van der Waals surface area (Å²) >= 11 is 0. The number of carbonyl (C=O) groups excluding carboxylic acids is 1. The van der Waals surface area contributed by atoms with Gasteiger partial charge >= 0.3 is 5.69 Å². The zero-order valence-corrected chi connectivity index (χ0v) is 19.6. The van der Waals surface area contributed by atoms with Crippen LogP contribution in [-0.2, 0) is 11.3 Å². The summed E-state index contributed by atoms with van der Waals surface area (Å²) < 4.78 is 14.8. The van der Waals surface area contributed by atoms with Crippen molar-refractivity contribution in [2.24, 2.45) is 0 Å². The molecule has 0 radical (unpaired) electrons. The Labute approximate surface area is 193 Å². The Hall–Kier alpha value is -3.10. The number of nitrogens with one attached hydrogen (secondary N) is 1. The van der Waals surface area contributed by atoms with Crippen molar-refractivity contribution in [3.8, 4) is 0 Å². The third-order valence-electron chi connectivity index (χ3n) is 6.24. The van der Waals surface area contributed by atoms with Crippen LogP contribution in [0.4, 0.5) is 21.6 Å². The first kappa shape index (κ1) is 24.5. The predicted octanol–water partition coefficient (Wildman–Crippen LogP) is 3.25. The third-order valence-corrected chi connectivity index (χ3v) is 6.24. The minimum absolute atomic E-state index is 0.00718. The van der Waals surface area contributed by atoms with E-state index in [-0.39, 0.29) is 41.9 Å². The van der Waals surface area contributed by atoms with E-state index in [1.54, 1.807) is 12.1 Å². The van der Waals surface area contributed by atoms with E-state index in [1.165, 1.54) is 21.6 Å². The number of rotatable bonds is 9. The molecular formula is C24H34FN5O3. The highest BCUT2D eigenvalue weighted by atomic mass is 19.1. The minimum Gasteiger partial charge on any atom is -0.383 e. The SMILES string of the molecule is CCCCn1c(N)c(N(C(=O)CN(c2ccc(F)cc2)C(C)C)C2CCCC2)c(=O)[nH]c1=O. The smallest absolute Gasteiger partial charge is 0.330 e. The zero-order valence-electron chi connectivity index (χ0n) is 19.6. The van der Waals surface area contributed by atoms with Gasteiger partial charge in [-0.1, -0.05) is 26.2 Å². The lowest BCUT2D eigenvalue weighted by molar-refractivity contribution is -0.117. The van der Waals surface area contributed by atoms with E-state index in [9.17, 15) is 18.8 Å². The number of nitrogens with two attached hydrogens (primary N) is 1. The van der Waals surface area contributed by atoms with Gasteiger partial charge in [0.05, 0.1) is 6.54 Å². The van der Waals surface area contributed by atoms with Crippen LogP contribution in [0.25, 0.3) is 0 Å². The average Bonchev–Trinajstić information content (AvgIpc) is 3.29. The van der Waals surface area contributed by atoms with Gasteiger partial charge in [-0.3, -0.25) is 24.0 Å². The van der Waals surface area contributed by atoms with Crippen molar-refractivity contribution in [2.75, 3.05) is 22.1 Å². The molecule has 3 rings (SSSR count). The Morgan fingerprint density at radius 1 is 1.21 bits per heavy atom. The van der Waals surface area contributed by atoms with Crippen LogP contribution in [0.1, 0.15) is 59.3 Å². The van der Waals surface area contributed by atoms with Crippen LogP contribution in [0.15, 0.2) is 33.9 Å². The van der Waals surface area contributed by atoms with Crippen LogP contribution in [0.2, 0.25) is 0 Å². The van der Waals surface area contributed by atoms with E-state index in [1.807, 2.05) is 25.7 Å². The molecule has 1 fully saturated rings. The number of halogens is 1. The second-order valence-electron chi connectivity index (χ2n) is 8.90. The summed E-state index contributed by atoms with van der Waals surface area (Å²) in [6.07, 6.45) is 5.00. The normalized spacial score (nSPS) is 14.1. The topological polar surface area (TPSA) is 104 Å². The summed E-state index contributed by atoms with van der Waals surface area (Å²) in [5, 5.41) is 0. The Morgan fingerprint density at radius 3 is 2.42 bits per heavy atom. The average molecular weight is 460 g/mol. The number of carbonyl (C=O) groups is 1. The number of unbranched alkanes of at least 4 members (excludes halogenated alkanes) is 1. The molecule has 9 heteroatoms. The van der Waals surface area contributed by atoms with Crippen LogP contribution in [-0.4, -0.2) is 34.1 Å². The van der Waals surface area contributed by atoms with E-state index >= 15 is 0 Å². The number of benzene rings is 1. The molecular weight excluding hydrogens is 425 g/mol. The number of aromatic nitrogens is 2. The fourth-order valence-electron chi connectivity index (χ4n) is 4.45. The molecule has 8 nitrogen and oxygen atoms in total. The van der Waals surface area contributed by atoms with E-state index in [4.69, 9.17) is 5.73 Å². The first-order valence-electron chi connectivity index (χ1n) is 11.7. The van der Waals surface area contributed by atoms with Gasteiger partial charge in [0.2, 0.25) is 5.91 Å². The number of anilines is 3. The molecule has 180 valence electrons. The highest BCUT2D eigenvalue weighted by molar-refractivity contribution is 5.99. The van der Waals surface area contributed by atoms with Crippen LogP contribution in [0.3, 0.4) is 0 Å². The van der Waals surface area contributed by atoms with E-state index in [0.717, 1.165) is 38.5 Å². The molecule has 0 aliphatic heterocycles. The highest BCUT2D eigenvalue weighted by Gasteiger charge is 2.33. The van der Waals surface area contributed by atoms with E-state index < -0.39 is 11.2 Å². The molecule has 2 aromatic rings. The van der Waals surface area contributed by atoms with Crippen molar-refractivity contribution in [3.63, 3.8) is 0 Å². The van der Waals surface area contributed by atoms with Gasteiger partial charge in [-0.2, -0.15) is 0 Å². The predicted molar refractivity (Wildman–Crippen MR) is 129 cm³/mol. The molecule has 3 N–H and O–H groups in total. The molecule has 0 unspecified atom stereocenters. The number of hydrogen-bond donors (Lipinski definition) is 2. The minimum atomic E-state index is -0.650. The van der Waals surface area contributed by atoms with Gasteiger partial charge < -0.3 is 10.6 Å². The van der Waals surface area contributed by atoms with Crippen molar-refractivity contribution < 1.29 is 9.18 Å². The maximum Gasteiger partial charge on any atom is 0.330 e. The molecule has 0 atom stereocenters. The Morgan fingerprint density at radius 2 is 1.85 bits per heavy atom. The first-order chi connectivity index (χ1) is 15.7. The zero-order chi connectivity index (χ0) is 24.1. The van der Waals surface area contributed by atoms with Gasteiger partial charge in [-0.05, 0) is 57.4 Å². The summed E-state index contributed by atoms with van der Waals surface area (Å²) in [7, 11) is 0. The van der Waals surface area contributed by atoms with Crippen molar-refractivity contribution in [1.29, 1.82) is 0 Å². The number of amides is 1. The fraction of sp³-hybridized carbons (Fsp3) is 0.542. The van der Waals surface area contributed by atoms with Gasteiger partial charge in [-0.25, -0.2) is 9.18 Å². The monoisotopic (exact) mass is 459 g/mol. The molecule has 33 heavy (non-hydrogen) atoms. The summed E-state index contributed by atoms with van der Waals surface area (Å²) in [6.45, 7) is 6.25. The lowest BCUT2D eigenvalue weighted by atomic mass is 10.1. The summed E-state index contributed by atoms with van der Waals surface area (Å²) in [5.41, 5.74) is 5.88. The number of nitrogens with zero attached hydrogens (tertiary/aromatic N) is 3. The quantitative estimate of drug-likeness (QED) is 0.599. The number of aromatic amines is 1. The molecule has 0 spiro atoms. The molecule has 1 amide bonds. The molecule has 1 aromatic carbocycles. The van der Waals surface area contributed by atoms with Gasteiger partial charge in [0.25, 0.3) is 5.56 Å².